The topological polar surface area (TPSA) is 64.1 Å². The second-order valence-corrected chi connectivity index (χ2v) is 6.68. The van der Waals surface area contributed by atoms with E-state index >= 15 is 0 Å². The molecule has 130 valence electrons. The van der Waals surface area contributed by atoms with Crippen LogP contribution in [0.15, 0.2) is 24.3 Å². The van der Waals surface area contributed by atoms with Crippen LogP contribution >= 0.6 is 0 Å². The first-order valence-electron chi connectivity index (χ1n) is 8.58. The molecule has 2 saturated heterocycles. The number of likely N-dealkylation sites (tertiary alicyclic amines) is 1. The average molecular weight is 331 g/mol. The number of aryl methyl sites for hydroxylation is 1. The Bertz CT molecular complexity index is 595. The lowest BCUT2D eigenvalue weighted by atomic mass is 10.2. The number of β-amino-alcohol motifs (C(OH)–C–C–N with tert-alkyl or cyclic N) is 1. The van der Waals surface area contributed by atoms with Gasteiger partial charge in [0.05, 0.1) is 12.6 Å². The number of piperazine rings is 1. The summed E-state index contributed by atoms with van der Waals surface area (Å²) >= 11 is 0. The summed E-state index contributed by atoms with van der Waals surface area (Å²) in [4.78, 5) is 29.0. The first kappa shape index (κ1) is 16.9. The number of hydrogen-bond acceptors (Lipinski definition) is 5. The zero-order valence-corrected chi connectivity index (χ0v) is 14.1. The average Bonchev–Trinajstić information content (AvgIpc) is 2.87. The quantitative estimate of drug-likeness (QED) is 0.802. The van der Waals surface area contributed by atoms with Gasteiger partial charge < -0.3 is 10.0 Å². The summed E-state index contributed by atoms with van der Waals surface area (Å²) in [7, 11) is 0. The van der Waals surface area contributed by atoms with Crippen molar-refractivity contribution in [2.45, 2.75) is 25.9 Å². The van der Waals surface area contributed by atoms with Crippen LogP contribution in [0, 0.1) is 6.92 Å². The van der Waals surface area contributed by atoms with E-state index in [1.54, 1.807) is 0 Å². The molecular weight excluding hydrogens is 306 g/mol. The maximum Gasteiger partial charge on any atom is 0.229 e. The third-order valence-electron chi connectivity index (χ3n) is 4.76. The van der Waals surface area contributed by atoms with Crippen molar-refractivity contribution < 1.29 is 14.7 Å². The SMILES string of the molecule is Cc1cccc(N2CCN(C[C@H](O)CN3C(=O)CCC3=O)CC2)c1. The minimum absolute atomic E-state index is 0.121. The van der Waals surface area contributed by atoms with Gasteiger partial charge in [-0.2, -0.15) is 0 Å². The summed E-state index contributed by atoms with van der Waals surface area (Å²) in [6.07, 6.45) is -0.122. The van der Waals surface area contributed by atoms with E-state index in [9.17, 15) is 14.7 Å². The van der Waals surface area contributed by atoms with Crippen LogP contribution in [-0.2, 0) is 9.59 Å². The molecule has 0 saturated carbocycles. The number of hydrogen-bond donors (Lipinski definition) is 1. The first-order chi connectivity index (χ1) is 11.5. The van der Waals surface area contributed by atoms with Crippen molar-refractivity contribution in [2.75, 3.05) is 44.2 Å². The summed E-state index contributed by atoms with van der Waals surface area (Å²) in [5.74, 6) is -0.327. The van der Waals surface area contributed by atoms with Crippen molar-refractivity contribution in [2.24, 2.45) is 0 Å². The Morgan fingerprint density at radius 2 is 1.71 bits per heavy atom. The van der Waals surface area contributed by atoms with Gasteiger partial charge in [0.25, 0.3) is 0 Å². The van der Waals surface area contributed by atoms with E-state index in [1.807, 2.05) is 0 Å². The molecular formula is C18H25N3O3. The van der Waals surface area contributed by atoms with Crippen molar-refractivity contribution in [3.05, 3.63) is 29.8 Å². The van der Waals surface area contributed by atoms with E-state index in [0.717, 1.165) is 26.2 Å². The van der Waals surface area contributed by atoms with Crippen LogP contribution in [0.25, 0.3) is 0 Å². The summed E-state index contributed by atoms with van der Waals surface area (Å²) < 4.78 is 0. The van der Waals surface area contributed by atoms with Gasteiger partial charge in [0.1, 0.15) is 0 Å². The van der Waals surface area contributed by atoms with Crippen LogP contribution in [0.1, 0.15) is 18.4 Å². The van der Waals surface area contributed by atoms with Crippen LogP contribution < -0.4 is 4.90 Å². The van der Waals surface area contributed by atoms with E-state index in [2.05, 4.69) is 41.0 Å². The number of benzene rings is 1. The van der Waals surface area contributed by atoms with Crippen LogP contribution in [0.4, 0.5) is 5.69 Å². The fourth-order valence-corrected chi connectivity index (χ4v) is 3.41. The lowest BCUT2D eigenvalue weighted by Crippen LogP contribution is -2.50. The Kier molecular flexibility index (Phi) is 5.16. The molecule has 1 atom stereocenters. The number of carbonyl (C=O) groups is 2. The Morgan fingerprint density at radius 3 is 2.33 bits per heavy atom. The lowest BCUT2D eigenvalue weighted by Gasteiger charge is -2.37. The molecule has 6 nitrogen and oxygen atoms in total. The molecule has 3 rings (SSSR count). The van der Waals surface area contributed by atoms with E-state index < -0.39 is 6.10 Å². The predicted octanol–water partition coefficient (Wildman–Crippen LogP) is 0.627. The minimum atomic E-state index is -0.679. The van der Waals surface area contributed by atoms with Gasteiger partial charge >= 0.3 is 0 Å². The Labute approximate surface area is 142 Å². The van der Waals surface area contributed by atoms with E-state index in [-0.39, 0.29) is 31.2 Å². The monoisotopic (exact) mass is 331 g/mol. The molecule has 1 N–H and O–H groups in total. The van der Waals surface area contributed by atoms with Crippen molar-refractivity contribution in [3.8, 4) is 0 Å². The maximum atomic E-state index is 11.6. The van der Waals surface area contributed by atoms with Crippen LogP contribution in [0.3, 0.4) is 0 Å². The summed E-state index contributed by atoms with van der Waals surface area (Å²) in [5.41, 5.74) is 2.49. The van der Waals surface area contributed by atoms with Gasteiger partial charge in [0.2, 0.25) is 11.8 Å². The van der Waals surface area contributed by atoms with Gasteiger partial charge in [-0.1, -0.05) is 12.1 Å². The lowest BCUT2D eigenvalue weighted by molar-refractivity contribution is -0.140. The number of anilines is 1. The third kappa shape index (κ3) is 3.94. The van der Waals surface area contributed by atoms with Gasteiger partial charge in [-0.15, -0.1) is 0 Å². The molecule has 0 bridgehead atoms. The molecule has 2 fully saturated rings. The van der Waals surface area contributed by atoms with E-state index in [0.29, 0.717) is 6.54 Å². The molecule has 6 heteroatoms. The zero-order valence-electron chi connectivity index (χ0n) is 14.1. The van der Waals surface area contributed by atoms with Crippen molar-refractivity contribution in [3.63, 3.8) is 0 Å². The number of aliphatic hydroxyl groups is 1. The van der Waals surface area contributed by atoms with E-state index in [1.165, 1.54) is 16.2 Å². The summed E-state index contributed by atoms with van der Waals surface area (Å²) in [6.45, 7) is 6.28. The molecule has 0 aromatic heterocycles. The molecule has 0 spiro atoms. The highest BCUT2D eigenvalue weighted by molar-refractivity contribution is 6.01. The van der Waals surface area contributed by atoms with Crippen LogP contribution in [0.5, 0.6) is 0 Å². The second-order valence-electron chi connectivity index (χ2n) is 6.68. The zero-order chi connectivity index (χ0) is 17.1. The fourth-order valence-electron chi connectivity index (χ4n) is 3.41. The Morgan fingerprint density at radius 1 is 1.04 bits per heavy atom. The molecule has 2 aliphatic rings. The van der Waals surface area contributed by atoms with Crippen molar-refractivity contribution >= 4 is 17.5 Å². The minimum Gasteiger partial charge on any atom is -0.390 e. The Hall–Kier alpha value is -1.92. The number of aliphatic hydroxyl groups excluding tert-OH is 1. The standard InChI is InChI=1S/C18H25N3O3/c1-14-3-2-4-15(11-14)20-9-7-19(8-10-20)12-16(22)13-21-17(23)5-6-18(21)24/h2-4,11,16,22H,5-10,12-13H2,1H3/t16-/m0/s1. The predicted molar refractivity (Wildman–Crippen MR) is 91.8 cm³/mol. The van der Waals surface area contributed by atoms with Gasteiger partial charge in [0.15, 0.2) is 0 Å². The molecule has 0 aliphatic carbocycles. The van der Waals surface area contributed by atoms with Crippen molar-refractivity contribution in [1.82, 2.24) is 9.80 Å². The highest BCUT2D eigenvalue weighted by Crippen LogP contribution is 2.18. The number of nitrogens with zero attached hydrogens (tertiary/aromatic N) is 3. The van der Waals surface area contributed by atoms with E-state index in [4.69, 9.17) is 0 Å². The molecule has 1 aromatic rings. The molecule has 0 unspecified atom stereocenters. The smallest absolute Gasteiger partial charge is 0.229 e. The van der Waals surface area contributed by atoms with Crippen LogP contribution in [0.2, 0.25) is 0 Å². The van der Waals surface area contributed by atoms with Gasteiger partial charge in [-0.25, -0.2) is 0 Å². The third-order valence-corrected chi connectivity index (χ3v) is 4.76. The van der Waals surface area contributed by atoms with Crippen LogP contribution in [-0.4, -0.2) is 72.1 Å². The van der Waals surface area contributed by atoms with Crippen molar-refractivity contribution in [1.29, 1.82) is 0 Å². The maximum absolute atomic E-state index is 11.6. The molecule has 24 heavy (non-hydrogen) atoms. The normalized spacial score (nSPS) is 20.8. The molecule has 2 aliphatic heterocycles. The first-order valence-corrected chi connectivity index (χ1v) is 8.58. The molecule has 1 aromatic carbocycles. The molecule has 2 heterocycles. The summed E-state index contributed by atoms with van der Waals surface area (Å²) in [6, 6.07) is 8.49. The Balaban J connectivity index is 1.46. The molecule has 2 amide bonds. The number of amides is 2. The van der Waals surface area contributed by atoms with Gasteiger partial charge in [-0.3, -0.25) is 19.4 Å². The highest BCUT2D eigenvalue weighted by atomic mass is 16.3. The molecule has 0 radical (unpaired) electrons. The number of rotatable bonds is 5. The largest absolute Gasteiger partial charge is 0.390 e. The van der Waals surface area contributed by atoms with Gasteiger partial charge in [0, 0.05) is 51.3 Å². The second kappa shape index (κ2) is 7.32. The fraction of sp³-hybridized carbons (Fsp3) is 0.556. The summed E-state index contributed by atoms with van der Waals surface area (Å²) in [5, 5.41) is 10.2. The highest BCUT2D eigenvalue weighted by Gasteiger charge is 2.31. The number of imide groups is 1. The van der Waals surface area contributed by atoms with Gasteiger partial charge in [-0.05, 0) is 24.6 Å². The number of carbonyl (C=O) groups excluding carboxylic acids is 2.